The van der Waals surface area contributed by atoms with E-state index in [0.717, 1.165) is 30.3 Å². The molecule has 0 radical (unpaired) electrons. The maximum absolute atomic E-state index is 5.94. The second-order valence-electron chi connectivity index (χ2n) is 4.31. The summed E-state index contributed by atoms with van der Waals surface area (Å²) in [5.74, 6) is 0. The fourth-order valence-corrected chi connectivity index (χ4v) is 3.24. The number of halogens is 1. The standard InChI is InChI=1S/C11H17ClN2S/c1-8-6-9(13)4-5-14(8)7-10-2-3-11(12)15-10/h2-3,8-9H,4-7,13H2,1H3. The van der Waals surface area contributed by atoms with Crippen molar-refractivity contribution in [2.75, 3.05) is 6.54 Å². The first-order valence-electron chi connectivity index (χ1n) is 5.39. The normalized spacial score (nSPS) is 28.2. The maximum Gasteiger partial charge on any atom is 0.0931 e. The van der Waals surface area contributed by atoms with Gasteiger partial charge in [0.1, 0.15) is 0 Å². The average molecular weight is 245 g/mol. The van der Waals surface area contributed by atoms with Crippen LogP contribution < -0.4 is 5.73 Å². The third-order valence-electron chi connectivity index (χ3n) is 3.04. The van der Waals surface area contributed by atoms with Crippen LogP contribution in [0.2, 0.25) is 4.34 Å². The highest BCUT2D eigenvalue weighted by molar-refractivity contribution is 7.16. The van der Waals surface area contributed by atoms with Gasteiger partial charge in [0.15, 0.2) is 0 Å². The van der Waals surface area contributed by atoms with Crippen molar-refractivity contribution >= 4 is 22.9 Å². The lowest BCUT2D eigenvalue weighted by atomic mass is 9.99. The van der Waals surface area contributed by atoms with Gasteiger partial charge in [-0.3, -0.25) is 4.90 Å². The van der Waals surface area contributed by atoms with E-state index in [-0.39, 0.29) is 0 Å². The summed E-state index contributed by atoms with van der Waals surface area (Å²) in [6, 6.07) is 5.08. The molecule has 2 atom stereocenters. The third kappa shape index (κ3) is 2.94. The van der Waals surface area contributed by atoms with Crippen LogP contribution in [0.3, 0.4) is 0 Å². The summed E-state index contributed by atoms with van der Waals surface area (Å²) in [5, 5.41) is 0. The van der Waals surface area contributed by atoms with Crippen LogP contribution in [0.5, 0.6) is 0 Å². The summed E-state index contributed by atoms with van der Waals surface area (Å²) in [5.41, 5.74) is 5.94. The minimum Gasteiger partial charge on any atom is -0.328 e. The zero-order chi connectivity index (χ0) is 10.8. The van der Waals surface area contributed by atoms with Crippen molar-refractivity contribution in [3.8, 4) is 0 Å². The fraction of sp³-hybridized carbons (Fsp3) is 0.636. The van der Waals surface area contributed by atoms with E-state index in [1.165, 1.54) is 4.88 Å². The Bertz CT molecular complexity index is 326. The summed E-state index contributed by atoms with van der Waals surface area (Å²) in [4.78, 5) is 3.84. The summed E-state index contributed by atoms with van der Waals surface area (Å²) in [6.45, 7) is 4.39. The van der Waals surface area contributed by atoms with Crippen LogP contribution in [0.15, 0.2) is 12.1 Å². The Morgan fingerprint density at radius 2 is 2.40 bits per heavy atom. The van der Waals surface area contributed by atoms with Crippen LogP contribution >= 0.6 is 22.9 Å². The maximum atomic E-state index is 5.94. The molecule has 2 nitrogen and oxygen atoms in total. The summed E-state index contributed by atoms with van der Waals surface area (Å²) >= 11 is 7.59. The smallest absolute Gasteiger partial charge is 0.0931 e. The number of nitrogens with two attached hydrogens (primary N) is 1. The van der Waals surface area contributed by atoms with Crippen LogP contribution in [-0.4, -0.2) is 23.5 Å². The van der Waals surface area contributed by atoms with Gasteiger partial charge in [0.2, 0.25) is 0 Å². The van der Waals surface area contributed by atoms with Crippen molar-refractivity contribution in [2.45, 2.75) is 38.4 Å². The number of hydrogen-bond acceptors (Lipinski definition) is 3. The highest BCUT2D eigenvalue weighted by Gasteiger charge is 2.23. The largest absolute Gasteiger partial charge is 0.328 e. The van der Waals surface area contributed by atoms with Gasteiger partial charge in [-0.25, -0.2) is 0 Å². The Kier molecular flexibility index (Phi) is 3.67. The Hall–Kier alpha value is -0.0900. The lowest BCUT2D eigenvalue weighted by molar-refractivity contribution is 0.141. The first kappa shape index (κ1) is 11.4. The fourth-order valence-electron chi connectivity index (χ4n) is 2.13. The van der Waals surface area contributed by atoms with Gasteiger partial charge in [-0.15, -0.1) is 11.3 Å². The minimum atomic E-state index is 0.392. The Morgan fingerprint density at radius 3 is 3.00 bits per heavy atom. The van der Waals surface area contributed by atoms with Crippen molar-refractivity contribution in [3.05, 3.63) is 21.3 Å². The molecule has 0 amide bonds. The Balaban J connectivity index is 1.94. The second-order valence-corrected chi connectivity index (χ2v) is 6.11. The van der Waals surface area contributed by atoms with Crippen LogP contribution in [0.25, 0.3) is 0 Å². The minimum absolute atomic E-state index is 0.392. The zero-order valence-corrected chi connectivity index (χ0v) is 10.5. The Labute approximate surface area is 100 Å². The first-order chi connectivity index (χ1) is 7.15. The molecule has 0 saturated carbocycles. The van der Waals surface area contributed by atoms with Gasteiger partial charge in [-0.2, -0.15) is 0 Å². The van der Waals surface area contributed by atoms with E-state index in [9.17, 15) is 0 Å². The van der Waals surface area contributed by atoms with E-state index in [4.69, 9.17) is 17.3 Å². The quantitative estimate of drug-likeness (QED) is 0.867. The molecule has 2 heterocycles. The van der Waals surface area contributed by atoms with Gasteiger partial charge < -0.3 is 5.73 Å². The molecular formula is C11H17ClN2S. The van der Waals surface area contributed by atoms with E-state index in [2.05, 4.69) is 17.9 Å². The predicted molar refractivity (Wildman–Crippen MR) is 66.4 cm³/mol. The van der Waals surface area contributed by atoms with Crippen molar-refractivity contribution in [1.82, 2.24) is 4.90 Å². The molecule has 1 fully saturated rings. The van der Waals surface area contributed by atoms with Gasteiger partial charge in [0, 0.05) is 30.1 Å². The van der Waals surface area contributed by atoms with Crippen LogP contribution in [0.1, 0.15) is 24.6 Å². The van der Waals surface area contributed by atoms with Gasteiger partial charge in [0.05, 0.1) is 4.34 Å². The lowest BCUT2D eigenvalue weighted by Crippen LogP contribution is -2.44. The number of nitrogens with zero attached hydrogens (tertiary/aromatic N) is 1. The SMILES string of the molecule is CC1CC(N)CCN1Cc1ccc(Cl)s1. The van der Waals surface area contributed by atoms with Crippen molar-refractivity contribution in [1.29, 1.82) is 0 Å². The Morgan fingerprint density at radius 1 is 1.60 bits per heavy atom. The summed E-state index contributed by atoms with van der Waals surface area (Å²) < 4.78 is 0.881. The van der Waals surface area contributed by atoms with E-state index in [1.807, 2.05) is 6.07 Å². The highest BCUT2D eigenvalue weighted by atomic mass is 35.5. The van der Waals surface area contributed by atoms with Crippen LogP contribution in [0, 0.1) is 0 Å². The molecule has 1 aliphatic heterocycles. The van der Waals surface area contributed by atoms with Crippen molar-refractivity contribution < 1.29 is 0 Å². The molecule has 1 aliphatic rings. The van der Waals surface area contributed by atoms with Crippen molar-refractivity contribution in [2.24, 2.45) is 5.73 Å². The van der Waals surface area contributed by atoms with Crippen LogP contribution in [0.4, 0.5) is 0 Å². The highest BCUT2D eigenvalue weighted by Crippen LogP contribution is 2.25. The van der Waals surface area contributed by atoms with Crippen LogP contribution in [-0.2, 0) is 6.54 Å². The molecule has 0 aliphatic carbocycles. The molecule has 1 aromatic heterocycles. The zero-order valence-electron chi connectivity index (χ0n) is 8.95. The molecule has 1 aromatic rings. The molecule has 1 saturated heterocycles. The lowest BCUT2D eigenvalue weighted by Gasteiger charge is -2.36. The summed E-state index contributed by atoms with van der Waals surface area (Å²) in [6.07, 6.45) is 2.22. The van der Waals surface area contributed by atoms with Gasteiger partial charge in [0.25, 0.3) is 0 Å². The van der Waals surface area contributed by atoms with Gasteiger partial charge in [-0.05, 0) is 31.9 Å². The van der Waals surface area contributed by atoms with E-state index < -0.39 is 0 Å². The molecular weight excluding hydrogens is 228 g/mol. The molecule has 84 valence electrons. The second kappa shape index (κ2) is 4.83. The molecule has 15 heavy (non-hydrogen) atoms. The van der Waals surface area contributed by atoms with Gasteiger partial charge in [-0.1, -0.05) is 11.6 Å². The molecule has 2 rings (SSSR count). The monoisotopic (exact) mass is 244 g/mol. The first-order valence-corrected chi connectivity index (χ1v) is 6.58. The number of rotatable bonds is 2. The van der Waals surface area contributed by atoms with E-state index >= 15 is 0 Å². The number of thiophene rings is 1. The van der Waals surface area contributed by atoms with Crippen molar-refractivity contribution in [3.63, 3.8) is 0 Å². The van der Waals surface area contributed by atoms with E-state index in [1.54, 1.807) is 11.3 Å². The topological polar surface area (TPSA) is 29.3 Å². The molecule has 2 unspecified atom stereocenters. The molecule has 0 spiro atoms. The molecule has 4 heteroatoms. The van der Waals surface area contributed by atoms with Gasteiger partial charge >= 0.3 is 0 Å². The number of hydrogen-bond donors (Lipinski definition) is 1. The number of piperidine rings is 1. The van der Waals surface area contributed by atoms with E-state index in [0.29, 0.717) is 12.1 Å². The third-order valence-corrected chi connectivity index (χ3v) is 4.26. The predicted octanol–water partition coefficient (Wildman–Crippen LogP) is 2.71. The molecule has 0 bridgehead atoms. The average Bonchev–Trinajstić information content (AvgIpc) is 2.56. The summed E-state index contributed by atoms with van der Waals surface area (Å²) in [7, 11) is 0. The molecule has 2 N–H and O–H groups in total. The number of likely N-dealkylation sites (tertiary alicyclic amines) is 1. The molecule has 0 aromatic carbocycles.